The van der Waals surface area contributed by atoms with Crippen molar-refractivity contribution in [3.63, 3.8) is 0 Å². The zero-order valence-corrected chi connectivity index (χ0v) is 28.5. The third kappa shape index (κ3) is 26.4. The van der Waals surface area contributed by atoms with E-state index in [0.717, 1.165) is 6.61 Å². The van der Waals surface area contributed by atoms with Gasteiger partial charge in [-0.2, -0.15) is 0 Å². The van der Waals surface area contributed by atoms with Crippen LogP contribution in [0, 0.1) is 0 Å². The molecule has 0 aromatic carbocycles. The van der Waals surface area contributed by atoms with Crippen LogP contribution < -0.4 is 0 Å². The molecule has 0 fully saturated rings. The Hall–Kier alpha value is 0.177. The van der Waals surface area contributed by atoms with E-state index in [-0.39, 0.29) is 0 Å². The minimum atomic E-state index is -1.55. The van der Waals surface area contributed by atoms with Gasteiger partial charge in [-0.25, -0.2) is 0 Å². The summed E-state index contributed by atoms with van der Waals surface area (Å²) in [7, 11) is -1.55. The first kappa shape index (κ1) is 38.2. The van der Waals surface area contributed by atoms with Crippen molar-refractivity contribution in [3.05, 3.63) is 0 Å². The van der Waals surface area contributed by atoms with Gasteiger partial charge in [-0.05, 0) is 24.6 Å². The molecule has 0 unspecified atom stereocenters. The maximum absolute atomic E-state index is 7.03. The second-order valence-electron chi connectivity index (χ2n) is 12.8. The van der Waals surface area contributed by atoms with Gasteiger partial charge < -0.3 is 4.43 Å². The lowest BCUT2D eigenvalue weighted by Crippen LogP contribution is -2.38. The number of hydrogen-bond donors (Lipinski definition) is 0. The fourth-order valence-electron chi connectivity index (χ4n) is 6.15. The lowest BCUT2D eigenvalue weighted by Gasteiger charge is -2.32. The molecule has 0 bridgehead atoms. The second-order valence-corrected chi connectivity index (χ2v) is 16.9. The Morgan fingerprint density at radius 2 is 0.526 bits per heavy atom. The Morgan fingerprint density at radius 1 is 0.289 bits per heavy atom. The van der Waals surface area contributed by atoms with Crippen LogP contribution in [0.4, 0.5) is 0 Å². The van der Waals surface area contributed by atoms with E-state index in [2.05, 4.69) is 27.7 Å². The first-order valence-corrected chi connectivity index (χ1v) is 20.9. The molecule has 0 aliphatic heterocycles. The first-order valence-electron chi connectivity index (χ1n) is 18.4. The predicted octanol–water partition coefficient (Wildman–Crippen LogP) is 14.0. The lowest BCUT2D eigenvalue weighted by molar-refractivity contribution is 0.281. The van der Waals surface area contributed by atoms with Crippen molar-refractivity contribution < 1.29 is 4.43 Å². The summed E-state index contributed by atoms with van der Waals surface area (Å²) in [4.78, 5) is 0. The van der Waals surface area contributed by atoms with E-state index >= 15 is 0 Å². The van der Waals surface area contributed by atoms with E-state index in [9.17, 15) is 0 Å². The quantitative estimate of drug-likeness (QED) is 0.0581. The summed E-state index contributed by atoms with van der Waals surface area (Å²) >= 11 is 0. The SMILES string of the molecule is CCCCCCCCCCCCCCCCCCO[Si](CCCCCC)(CCCCCC)CCCCCC. The van der Waals surface area contributed by atoms with Crippen LogP contribution in [0.5, 0.6) is 0 Å². The van der Waals surface area contributed by atoms with Gasteiger partial charge in [0.1, 0.15) is 0 Å². The Kier molecular flexibility index (Phi) is 31.8. The van der Waals surface area contributed by atoms with Crippen LogP contribution in [0.25, 0.3) is 0 Å². The molecule has 0 saturated heterocycles. The second kappa shape index (κ2) is 31.7. The van der Waals surface area contributed by atoms with E-state index in [1.54, 1.807) is 0 Å². The Morgan fingerprint density at radius 3 is 0.816 bits per heavy atom. The van der Waals surface area contributed by atoms with Crippen molar-refractivity contribution in [1.29, 1.82) is 0 Å². The minimum absolute atomic E-state index is 1.07. The molecule has 0 atom stereocenters. The van der Waals surface area contributed by atoms with Crippen molar-refractivity contribution in [2.45, 2.75) is 226 Å². The maximum Gasteiger partial charge on any atom is 0.192 e. The molecule has 0 aromatic rings. The summed E-state index contributed by atoms with van der Waals surface area (Å²) in [6, 6.07) is 4.35. The molecule has 0 amide bonds. The molecule has 38 heavy (non-hydrogen) atoms. The Labute approximate surface area is 244 Å². The fraction of sp³-hybridized carbons (Fsp3) is 1.00. The standard InChI is InChI=1S/C36H76OSi/c1-5-9-13-17-18-19-20-21-22-23-24-25-26-27-28-29-33-37-38(34-30-14-10-6-2,35-31-15-11-7-3)36-32-16-12-8-4/h5-36H2,1-4H3. The molecular formula is C36H76OSi. The average molecular weight is 553 g/mol. The van der Waals surface area contributed by atoms with E-state index in [4.69, 9.17) is 4.43 Å². The lowest BCUT2D eigenvalue weighted by atomic mass is 10.0. The van der Waals surface area contributed by atoms with Gasteiger partial charge in [0.15, 0.2) is 8.32 Å². The Bertz CT molecular complexity index is 392. The van der Waals surface area contributed by atoms with Crippen molar-refractivity contribution in [3.8, 4) is 0 Å². The fourth-order valence-corrected chi connectivity index (χ4v) is 10.6. The minimum Gasteiger partial charge on any atom is -0.417 e. The topological polar surface area (TPSA) is 9.23 Å². The average Bonchev–Trinajstić information content (AvgIpc) is 2.93. The normalized spacial score (nSPS) is 12.0. The van der Waals surface area contributed by atoms with Gasteiger partial charge in [-0.3, -0.25) is 0 Å². The summed E-state index contributed by atoms with van der Waals surface area (Å²) in [5, 5.41) is 0. The largest absolute Gasteiger partial charge is 0.417 e. The molecule has 0 aromatic heterocycles. The number of hydrogen-bond acceptors (Lipinski definition) is 1. The highest BCUT2D eigenvalue weighted by molar-refractivity contribution is 6.73. The van der Waals surface area contributed by atoms with Crippen LogP contribution in [0.15, 0.2) is 0 Å². The van der Waals surface area contributed by atoms with Gasteiger partial charge in [0.25, 0.3) is 0 Å². The van der Waals surface area contributed by atoms with E-state index in [1.807, 2.05) is 0 Å². The highest BCUT2D eigenvalue weighted by Crippen LogP contribution is 2.31. The van der Waals surface area contributed by atoms with Crippen LogP contribution in [-0.2, 0) is 4.43 Å². The predicted molar refractivity (Wildman–Crippen MR) is 178 cm³/mol. The third-order valence-corrected chi connectivity index (χ3v) is 13.5. The Balaban J connectivity index is 4.08. The van der Waals surface area contributed by atoms with E-state index in [0.29, 0.717) is 0 Å². The van der Waals surface area contributed by atoms with Crippen molar-refractivity contribution >= 4 is 8.32 Å². The molecule has 0 heterocycles. The summed E-state index contributed by atoms with van der Waals surface area (Å²) in [5.74, 6) is 0. The summed E-state index contributed by atoms with van der Waals surface area (Å²) < 4.78 is 7.03. The molecule has 230 valence electrons. The molecule has 0 N–H and O–H groups in total. The van der Waals surface area contributed by atoms with Gasteiger partial charge in [-0.1, -0.05) is 201 Å². The highest BCUT2D eigenvalue weighted by Gasteiger charge is 2.33. The van der Waals surface area contributed by atoms with E-state index in [1.165, 1.54) is 198 Å². The molecule has 0 aliphatic rings. The van der Waals surface area contributed by atoms with Crippen LogP contribution in [0.1, 0.15) is 207 Å². The smallest absolute Gasteiger partial charge is 0.192 e. The van der Waals surface area contributed by atoms with Crippen LogP contribution in [0.3, 0.4) is 0 Å². The molecule has 1 nitrogen and oxygen atoms in total. The van der Waals surface area contributed by atoms with Crippen LogP contribution >= 0.6 is 0 Å². The van der Waals surface area contributed by atoms with Gasteiger partial charge in [-0.15, -0.1) is 0 Å². The van der Waals surface area contributed by atoms with E-state index < -0.39 is 8.32 Å². The number of rotatable bonds is 33. The molecular weight excluding hydrogens is 476 g/mol. The van der Waals surface area contributed by atoms with Gasteiger partial charge >= 0.3 is 0 Å². The van der Waals surface area contributed by atoms with Crippen molar-refractivity contribution in [1.82, 2.24) is 0 Å². The van der Waals surface area contributed by atoms with Gasteiger partial charge in [0.2, 0.25) is 0 Å². The zero-order valence-electron chi connectivity index (χ0n) is 27.5. The van der Waals surface area contributed by atoms with Crippen molar-refractivity contribution in [2.24, 2.45) is 0 Å². The van der Waals surface area contributed by atoms with Crippen LogP contribution in [0.2, 0.25) is 18.1 Å². The third-order valence-electron chi connectivity index (χ3n) is 8.86. The molecule has 0 spiro atoms. The van der Waals surface area contributed by atoms with Crippen molar-refractivity contribution in [2.75, 3.05) is 6.61 Å². The monoisotopic (exact) mass is 553 g/mol. The maximum atomic E-state index is 7.03. The zero-order chi connectivity index (χ0) is 27.8. The van der Waals surface area contributed by atoms with Gasteiger partial charge in [0.05, 0.1) is 0 Å². The van der Waals surface area contributed by atoms with Crippen LogP contribution in [-0.4, -0.2) is 14.9 Å². The first-order chi connectivity index (χ1) is 18.7. The summed E-state index contributed by atoms with van der Waals surface area (Å²) in [5.41, 5.74) is 0. The summed E-state index contributed by atoms with van der Waals surface area (Å²) in [6.45, 7) is 10.4. The molecule has 0 radical (unpaired) electrons. The molecule has 2 heteroatoms. The molecule has 0 rings (SSSR count). The number of unbranched alkanes of at least 4 members (excludes halogenated alkanes) is 24. The van der Waals surface area contributed by atoms with Gasteiger partial charge in [0, 0.05) is 6.61 Å². The molecule has 0 aliphatic carbocycles. The highest BCUT2D eigenvalue weighted by atomic mass is 28.4. The summed E-state index contributed by atoms with van der Waals surface area (Å²) in [6.07, 6.45) is 40.0. The molecule has 0 saturated carbocycles.